The number of amides is 1. The predicted molar refractivity (Wildman–Crippen MR) is 68.7 cm³/mol. The van der Waals surface area contributed by atoms with Gasteiger partial charge in [-0.15, -0.1) is 0 Å². The van der Waals surface area contributed by atoms with Gasteiger partial charge < -0.3 is 15.1 Å². The number of rotatable bonds is 4. The minimum absolute atomic E-state index is 0.0186. The molecule has 4 heteroatoms. The average Bonchev–Trinajstić information content (AvgIpc) is 3.09. The van der Waals surface area contributed by atoms with Crippen LogP contribution in [0.4, 0.5) is 0 Å². The number of aromatic hydroxyl groups is 2. The first-order valence-corrected chi connectivity index (χ1v) is 6.32. The minimum atomic E-state index is -0.276. The van der Waals surface area contributed by atoms with E-state index in [-0.39, 0.29) is 29.0 Å². The van der Waals surface area contributed by atoms with Crippen molar-refractivity contribution in [2.45, 2.75) is 32.7 Å². The summed E-state index contributed by atoms with van der Waals surface area (Å²) in [7, 11) is 0. The van der Waals surface area contributed by atoms with Gasteiger partial charge in [0.2, 0.25) is 0 Å². The Labute approximate surface area is 107 Å². The van der Waals surface area contributed by atoms with Crippen molar-refractivity contribution in [2.24, 2.45) is 5.92 Å². The van der Waals surface area contributed by atoms with E-state index >= 15 is 0 Å². The van der Waals surface area contributed by atoms with E-state index < -0.39 is 0 Å². The number of nitrogens with zero attached hydrogens (tertiary/aromatic N) is 1. The van der Waals surface area contributed by atoms with Crippen molar-refractivity contribution in [1.29, 1.82) is 0 Å². The molecule has 0 heterocycles. The minimum Gasteiger partial charge on any atom is -0.507 e. The third kappa shape index (κ3) is 2.58. The van der Waals surface area contributed by atoms with Crippen LogP contribution in [-0.2, 0) is 0 Å². The summed E-state index contributed by atoms with van der Waals surface area (Å²) >= 11 is 0. The number of phenolic OH excluding ortho intramolecular Hbond substituents is 2. The summed E-state index contributed by atoms with van der Waals surface area (Å²) in [6.45, 7) is 4.75. The fourth-order valence-electron chi connectivity index (χ4n) is 2.07. The molecule has 0 unspecified atom stereocenters. The summed E-state index contributed by atoms with van der Waals surface area (Å²) in [5.74, 6) is -0.229. The maximum absolute atomic E-state index is 12.4. The lowest BCUT2D eigenvalue weighted by Crippen LogP contribution is -2.36. The second-order valence-electron chi connectivity index (χ2n) is 5.25. The molecule has 2 N–H and O–H groups in total. The van der Waals surface area contributed by atoms with Crippen molar-refractivity contribution in [1.82, 2.24) is 4.90 Å². The Bertz CT molecular complexity index is 432. The highest BCUT2D eigenvalue weighted by molar-refractivity contribution is 5.99. The topological polar surface area (TPSA) is 60.8 Å². The Kier molecular flexibility index (Phi) is 3.45. The standard InChI is InChI=1S/C14H19NO3/c1-9(2)8-15(10-6-7-10)14(18)13-11(16)4-3-5-12(13)17/h3-5,9-10,16-17H,6-8H2,1-2H3. The lowest BCUT2D eigenvalue weighted by Gasteiger charge is -2.25. The number of carbonyl (C=O) groups is 1. The van der Waals surface area contributed by atoms with Gasteiger partial charge >= 0.3 is 0 Å². The van der Waals surface area contributed by atoms with Crippen molar-refractivity contribution >= 4 is 5.91 Å². The summed E-state index contributed by atoms with van der Waals surface area (Å²) in [4.78, 5) is 14.2. The summed E-state index contributed by atoms with van der Waals surface area (Å²) < 4.78 is 0. The van der Waals surface area contributed by atoms with Gasteiger partial charge in [0.1, 0.15) is 17.1 Å². The molecule has 1 saturated carbocycles. The molecule has 1 fully saturated rings. The third-order valence-electron chi connectivity index (χ3n) is 3.04. The predicted octanol–water partition coefficient (Wildman–Crippen LogP) is 2.36. The van der Waals surface area contributed by atoms with Gasteiger partial charge in [0.25, 0.3) is 5.91 Å². The zero-order valence-electron chi connectivity index (χ0n) is 10.8. The first kappa shape index (κ1) is 12.7. The summed E-state index contributed by atoms with van der Waals surface area (Å²) in [6, 6.07) is 4.63. The van der Waals surface area contributed by atoms with Crippen molar-refractivity contribution in [3.8, 4) is 11.5 Å². The first-order chi connectivity index (χ1) is 8.50. The van der Waals surface area contributed by atoms with E-state index in [9.17, 15) is 15.0 Å². The van der Waals surface area contributed by atoms with Crippen molar-refractivity contribution < 1.29 is 15.0 Å². The molecule has 1 aromatic carbocycles. The molecule has 18 heavy (non-hydrogen) atoms. The van der Waals surface area contributed by atoms with Gasteiger partial charge in [0.05, 0.1) is 0 Å². The molecular formula is C14H19NO3. The summed E-state index contributed by atoms with van der Waals surface area (Å²) in [5, 5.41) is 19.5. The smallest absolute Gasteiger partial charge is 0.261 e. The lowest BCUT2D eigenvalue weighted by atomic mass is 10.1. The van der Waals surface area contributed by atoms with Crippen LogP contribution in [0.1, 0.15) is 37.0 Å². The fourth-order valence-corrected chi connectivity index (χ4v) is 2.07. The van der Waals surface area contributed by atoms with Crippen LogP contribution in [0, 0.1) is 5.92 Å². The van der Waals surface area contributed by atoms with Crippen LogP contribution in [0.5, 0.6) is 11.5 Å². The summed E-state index contributed by atoms with van der Waals surface area (Å²) in [6.07, 6.45) is 2.01. The maximum Gasteiger partial charge on any atom is 0.261 e. The molecule has 0 aromatic heterocycles. The van der Waals surface area contributed by atoms with Crippen molar-refractivity contribution in [3.63, 3.8) is 0 Å². The zero-order valence-corrected chi connectivity index (χ0v) is 10.8. The van der Waals surface area contributed by atoms with E-state index in [0.717, 1.165) is 12.8 Å². The number of phenols is 2. The average molecular weight is 249 g/mol. The van der Waals surface area contributed by atoms with Crippen molar-refractivity contribution in [2.75, 3.05) is 6.54 Å². The Hall–Kier alpha value is -1.71. The quantitative estimate of drug-likeness (QED) is 0.861. The number of carbonyl (C=O) groups excluding carboxylic acids is 1. The van der Waals surface area contributed by atoms with E-state index in [4.69, 9.17) is 0 Å². The van der Waals surface area contributed by atoms with Crippen LogP contribution in [0.25, 0.3) is 0 Å². The van der Waals surface area contributed by atoms with E-state index in [1.165, 1.54) is 18.2 Å². The van der Waals surface area contributed by atoms with Gasteiger partial charge in [-0.3, -0.25) is 4.79 Å². The Morgan fingerprint density at radius 3 is 2.33 bits per heavy atom. The molecule has 0 saturated heterocycles. The van der Waals surface area contributed by atoms with Gasteiger partial charge in [0.15, 0.2) is 0 Å². The molecule has 0 radical (unpaired) electrons. The first-order valence-electron chi connectivity index (χ1n) is 6.32. The molecule has 1 aliphatic rings. The van der Waals surface area contributed by atoms with Gasteiger partial charge in [-0.05, 0) is 30.9 Å². The highest BCUT2D eigenvalue weighted by atomic mass is 16.3. The maximum atomic E-state index is 12.4. The molecule has 0 spiro atoms. The van der Waals surface area contributed by atoms with Gasteiger partial charge in [-0.2, -0.15) is 0 Å². The van der Waals surface area contributed by atoms with Crippen LogP contribution >= 0.6 is 0 Å². The third-order valence-corrected chi connectivity index (χ3v) is 3.04. The molecule has 98 valence electrons. The fraction of sp³-hybridized carbons (Fsp3) is 0.500. The number of benzene rings is 1. The van der Waals surface area contributed by atoms with E-state index in [2.05, 4.69) is 0 Å². The second-order valence-corrected chi connectivity index (χ2v) is 5.25. The van der Waals surface area contributed by atoms with Gasteiger partial charge in [0, 0.05) is 12.6 Å². The van der Waals surface area contributed by atoms with E-state index in [1.54, 1.807) is 4.90 Å². The molecule has 0 aliphatic heterocycles. The van der Waals surface area contributed by atoms with E-state index in [1.807, 2.05) is 13.8 Å². The number of hydrogen-bond donors (Lipinski definition) is 2. The van der Waals surface area contributed by atoms with Crippen LogP contribution in [-0.4, -0.2) is 33.6 Å². The lowest BCUT2D eigenvalue weighted by molar-refractivity contribution is 0.0716. The Morgan fingerprint density at radius 1 is 1.33 bits per heavy atom. The molecular weight excluding hydrogens is 230 g/mol. The second kappa shape index (κ2) is 4.88. The Morgan fingerprint density at radius 2 is 1.89 bits per heavy atom. The zero-order chi connectivity index (χ0) is 13.3. The van der Waals surface area contributed by atoms with Gasteiger partial charge in [-0.25, -0.2) is 0 Å². The molecule has 2 rings (SSSR count). The molecule has 0 bridgehead atoms. The molecule has 1 amide bonds. The molecule has 1 aliphatic carbocycles. The van der Waals surface area contributed by atoms with E-state index in [0.29, 0.717) is 12.5 Å². The van der Waals surface area contributed by atoms with Crippen LogP contribution < -0.4 is 0 Å². The van der Waals surface area contributed by atoms with Crippen LogP contribution in [0.3, 0.4) is 0 Å². The Balaban J connectivity index is 2.27. The normalized spacial score (nSPS) is 14.8. The molecule has 0 atom stereocenters. The van der Waals surface area contributed by atoms with Gasteiger partial charge in [-0.1, -0.05) is 19.9 Å². The number of hydrogen-bond acceptors (Lipinski definition) is 3. The monoisotopic (exact) mass is 249 g/mol. The highest BCUT2D eigenvalue weighted by Crippen LogP contribution is 2.33. The van der Waals surface area contributed by atoms with Crippen LogP contribution in [0.2, 0.25) is 0 Å². The molecule has 4 nitrogen and oxygen atoms in total. The molecule has 1 aromatic rings. The van der Waals surface area contributed by atoms with Crippen molar-refractivity contribution in [3.05, 3.63) is 23.8 Å². The SMILES string of the molecule is CC(C)CN(C(=O)c1c(O)cccc1O)C1CC1. The van der Waals surface area contributed by atoms with Crippen LogP contribution in [0.15, 0.2) is 18.2 Å². The highest BCUT2D eigenvalue weighted by Gasteiger charge is 2.35. The largest absolute Gasteiger partial charge is 0.507 e. The summed E-state index contributed by atoms with van der Waals surface area (Å²) in [5.41, 5.74) is 0.0186.